The summed E-state index contributed by atoms with van der Waals surface area (Å²) in [6.07, 6.45) is 1.81. The Morgan fingerprint density at radius 3 is 1.07 bits per heavy atom. The van der Waals surface area contributed by atoms with Gasteiger partial charge in [-0.25, -0.2) is 4.79 Å². The number of hydrogen-bond donors (Lipinski definition) is 10. The van der Waals surface area contributed by atoms with E-state index >= 15 is 0 Å². The van der Waals surface area contributed by atoms with Gasteiger partial charge in [0.1, 0.15) is 60.3 Å². The lowest BCUT2D eigenvalue weighted by molar-refractivity contribution is -0.141. The Balaban J connectivity index is 0.000000147. The minimum absolute atomic E-state index is 0.00375. The number of likely N-dealkylation sites (tertiary alicyclic amines) is 4. The van der Waals surface area contributed by atoms with Crippen molar-refractivity contribution in [3.8, 4) is 6.07 Å². The molecule has 9 aromatic rings. The van der Waals surface area contributed by atoms with Crippen molar-refractivity contribution >= 4 is 127 Å². The fourth-order valence-electron chi connectivity index (χ4n) is 21.0. The number of nitrogens with two attached hydrogens (primary N) is 3. The van der Waals surface area contributed by atoms with E-state index in [1.807, 2.05) is 233 Å². The number of benzene rings is 7. The Morgan fingerprint density at radius 2 is 0.737 bits per heavy atom. The van der Waals surface area contributed by atoms with Gasteiger partial charge in [-0.1, -0.05) is 183 Å². The normalized spacial score (nSPS) is 22.0. The first-order chi connectivity index (χ1) is 65.1. The highest BCUT2D eigenvalue weighted by Gasteiger charge is 2.62. The molecule has 0 unspecified atom stereocenters. The van der Waals surface area contributed by atoms with E-state index < -0.39 is 99.7 Å². The molecule has 14 amide bonds. The van der Waals surface area contributed by atoms with Gasteiger partial charge in [0.15, 0.2) is 0 Å². The number of primary amides is 3. The summed E-state index contributed by atoms with van der Waals surface area (Å²) >= 11 is 0. The number of nitrogens with one attached hydrogen (secondary N) is 7. The first kappa shape index (κ1) is 98.4. The third-order valence-electron chi connectivity index (χ3n) is 28.3. The number of aryl methyl sites for hydroxylation is 2. The molecule has 10 heterocycles. The third-order valence-corrected chi connectivity index (χ3v) is 28.3. The number of anilines is 4. The van der Waals surface area contributed by atoms with Crippen LogP contribution < -0.4 is 43.8 Å². The van der Waals surface area contributed by atoms with E-state index in [1.54, 1.807) is 33.3 Å². The number of carbonyl (C=O) groups excluding carboxylic acids is 14. The van der Waals surface area contributed by atoms with Crippen LogP contribution in [0.4, 0.5) is 27.5 Å². The fourth-order valence-corrected chi connectivity index (χ4v) is 21.0. The van der Waals surface area contributed by atoms with Crippen LogP contribution in [0, 0.1) is 48.9 Å². The van der Waals surface area contributed by atoms with E-state index in [0.29, 0.717) is 54.4 Å². The molecule has 33 heteroatoms. The Hall–Kier alpha value is -14.6. The summed E-state index contributed by atoms with van der Waals surface area (Å²) in [6, 6.07) is 49.8. The number of H-pyrrole nitrogens is 2. The molecule has 0 radical (unpaired) electrons. The molecule has 13 N–H and O–H groups in total. The fraction of sp³-hybridized carbons (Fsp3) is 0.413. The molecule has 0 saturated carbocycles. The van der Waals surface area contributed by atoms with E-state index in [0.717, 1.165) is 72.1 Å². The number of nitriles is 1. The number of fused-ring (bicyclic) bond motifs is 10. The largest absolute Gasteiger partial charge is 0.445 e. The predicted octanol–water partition coefficient (Wildman–Crippen LogP) is 10.2. The lowest BCUT2D eigenvalue weighted by Gasteiger charge is -2.33. The van der Waals surface area contributed by atoms with Gasteiger partial charge < -0.3 is 87.9 Å². The Morgan fingerprint density at radius 1 is 0.423 bits per heavy atom. The van der Waals surface area contributed by atoms with Crippen LogP contribution in [-0.4, -0.2) is 230 Å². The quantitative estimate of drug-likeness (QED) is 0.0284. The highest BCUT2D eigenvalue weighted by Crippen LogP contribution is 2.52. The average Bonchev–Trinajstić information content (AvgIpc) is 1.58. The number of ether oxygens (including phenoxy) is 1. The van der Waals surface area contributed by atoms with Gasteiger partial charge in [0.05, 0.1) is 33.8 Å². The lowest BCUT2D eigenvalue weighted by Crippen LogP contribution is -2.54. The van der Waals surface area contributed by atoms with Crippen LogP contribution >= 0.6 is 0 Å². The maximum absolute atomic E-state index is 14.1. The van der Waals surface area contributed by atoms with E-state index in [2.05, 4.69) is 42.6 Å². The van der Waals surface area contributed by atoms with Crippen LogP contribution in [0.1, 0.15) is 167 Å². The summed E-state index contributed by atoms with van der Waals surface area (Å²) in [6.45, 7) is 20.2. The molecule has 33 nitrogen and oxygen atoms in total. The molecule has 17 rings (SSSR count). The Kier molecular flexibility index (Phi) is 28.6. The maximum atomic E-state index is 14.1. The number of carbonyl (C=O) groups is 14. The number of rotatable bonds is 23. The van der Waals surface area contributed by atoms with Crippen molar-refractivity contribution in [1.82, 2.24) is 49.6 Å². The number of aromatic amines is 2. The second-order valence-electron chi connectivity index (χ2n) is 39.2. The molecule has 12 atom stereocenters. The second-order valence-corrected chi connectivity index (χ2v) is 39.2. The van der Waals surface area contributed by atoms with Crippen molar-refractivity contribution in [2.75, 3.05) is 75.6 Å². The lowest BCUT2D eigenvalue weighted by atomic mass is 9.79. The molecule has 7 aromatic carbocycles. The third kappa shape index (κ3) is 18.9. The Labute approximate surface area is 796 Å². The van der Waals surface area contributed by atoms with E-state index in [4.69, 9.17) is 21.9 Å². The van der Waals surface area contributed by atoms with Gasteiger partial charge in [0.25, 0.3) is 11.8 Å². The van der Waals surface area contributed by atoms with Crippen LogP contribution in [0.5, 0.6) is 0 Å². The summed E-state index contributed by atoms with van der Waals surface area (Å²) in [5.74, 6) is -4.14. The van der Waals surface area contributed by atoms with E-state index in [1.165, 1.54) is 41.3 Å². The second kappa shape index (κ2) is 39.8. The van der Waals surface area contributed by atoms with Gasteiger partial charge in [0.2, 0.25) is 65.0 Å². The molecule has 2 aromatic heterocycles. The van der Waals surface area contributed by atoms with Crippen molar-refractivity contribution in [1.29, 1.82) is 5.26 Å². The first-order valence-electron chi connectivity index (χ1n) is 46.6. The summed E-state index contributed by atoms with van der Waals surface area (Å²) < 4.78 is 5.46. The topological polar surface area (TPSA) is 464 Å². The van der Waals surface area contributed by atoms with Crippen molar-refractivity contribution < 1.29 is 71.9 Å². The highest BCUT2D eigenvalue weighted by atomic mass is 16.6. The zero-order valence-corrected chi connectivity index (χ0v) is 79.8. The van der Waals surface area contributed by atoms with Crippen LogP contribution in [0.25, 0.3) is 21.8 Å². The van der Waals surface area contributed by atoms with Crippen molar-refractivity contribution in [3.05, 3.63) is 226 Å². The molecule has 8 aliphatic heterocycles. The Bertz CT molecular complexity index is 6300. The van der Waals surface area contributed by atoms with Gasteiger partial charge in [-0.2, -0.15) is 5.26 Å². The number of nitrogens with zero attached hydrogens (tertiary/aromatic N) is 8. The predicted molar refractivity (Wildman–Crippen MR) is 517 cm³/mol. The van der Waals surface area contributed by atoms with E-state index in [-0.39, 0.29) is 129 Å². The number of amides is 14. The van der Waals surface area contributed by atoms with Crippen molar-refractivity contribution in [3.63, 3.8) is 0 Å². The standard InChI is InChI=1S/C29H33N5O4.C29H31N5O3.C27H32N4O5.C19H26N4O3/c1-16(2)12-23(33(4)26(36)22-13-18-17(3)8-7-11-20(18)31-22)27(37)34-15-29(14-24(34)25(30)35)19-9-5-6-10-21(19)32-28(29)38;1-17(2)12-25(33(4)26(35)24-13-20-18(3)8-7-11-22(20)31-24)27(36)34-16-29(14-19(34)15-30)21-9-5-6-10-23(21)32-28(29)37;1-17(2)13-21(30(3)26(35)36-15-18-9-5-4-6-10-18)24(33)31-16-27(14-22(31)23(28)32)19-11-7-8-12-20(19)29-25(27)34;1-11(2)8-14(21-3)17(25)23-10-19(9-15(23)16(20)24)12-6-4-5-7-13(12)22-18(19)26/h5-11,13,16,23-24,31H,12,14-15H2,1-4H3,(H2,30,35)(H,32,38);5-11,13,17,19,25,31H,12,14,16H2,1-4H3,(H,32,37);4-12,17,21-22H,13-16H2,1-3H3,(H2,28,32)(H,29,34);4-7,11,14-15,21H,8-10H2,1-3H3,(H2,20,24)(H,22,26)/t23-,24-,29-;19-,25-,29-;21-,22-,27-;14-,15-,19-/m0000/s1. The monoisotopic (exact) mass is 1860 g/mol. The summed E-state index contributed by atoms with van der Waals surface area (Å²) in [5, 5.41) is 26.5. The molecular formula is C104H122N18O15. The van der Waals surface area contributed by atoms with Gasteiger partial charge >= 0.3 is 6.09 Å². The summed E-state index contributed by atoms with van der Waals surface area (Å²) in [4.78, 5) is 201. The zero-order chi connectivity index (χ0) is 98.9. The molecular weight excluding hydrogens is 1740 g/mol. The van der Waals surface area contributed by atoms with Crippen molar-refractivity contribution in [2.45, 2.75) is 197 Å². The number of hydrogen-bond acceptors (Lipinski definition) is 17. The minimum Gasteiger partial charge on any atom is -0.445 e. The molecule has 4 spiro atoms. The van der Waals surface area contributed by atoms with Crippen LogP contribution in [-0.2, 0) is 85.7 Å². The first-order valence-corrected chi connectivity index (χ1v) is 46.6. The molecule has 137 heavy (non-hydrogen) atoms. The van der Waals surface area contributed by atoms with Crippen LogP contribution in [0.3, 0.4) is 0 Å². The van der Waals surface area contributed by atoms with Crippen LogP contribution in [0.2, 0.25) is 0 Å². The summed E-state index contributed by atoms with van der Waals surface area (Å²) in [5.41, 5.74) is 24.4. The molecule has 4 fully saturated rings. The highest BCUT2D eigenvalue weighted by molar-refractivity contribution is 6.12. The molecule has 718 valence electrons. The van der Waals surface area contributed by atoms with Gasteiger partial charge in [-0.05, 0) is 177 Å². The maximum Gasteiger partial charge on any atom is 0.410 e. The van der Waals surface area contributed by atoms with Gasteiger partial charge in [-0.15, -0.1) is 0 Å². The van der Waals surface area contributed by atoms with Gasteiger partial charge in [-0.3, -0.25) is 67.2 Å². The molecule has 8 aliphatic rings. The minimum atomic E-state index is -1.07. The number of aromatic nitrogens is 2. The van der Waals surface area contributed by atoms with Crippen LogP contribution in [0.15, 0.2) is 176 Å². The summed E-state index contributed by atoms with van der Waals surface area (Å²) in [7, 11) is 6.49. The molecule has 4 saturated heterocycles. The van der Waals surface area contributed by atoms with E-state index in [9.17, 15) is 72.4 Å². The van der Waals surface area contributed by atoms with Gasteiger partial charge in [0, 0.05) is 98.3 Å². The molecule has 0 bridgehead atoms. The number of likely N-dealkylation sites (N-methyl/N-ethyl adjacent to an activating group) is 4. The SMILES string of the molecule is CC(C)C[C@@H](C(=O)N1C[C@]2(C[C@H]1C(N)=O)C(=O)Nc1ccccc12)N(C)C(=O)OCc1ccccc1.CN[C@@H](CC(C)C)C(=O)N1C[C@]2(C[C@H]1C(N)=O)C(=O)Nc1ccccc12.Cc1cccc2[nH]c(C(=O)N(C)[C@@H](CC(C)C)C(=O)N3C[C@]4(C[C@H]3C#N)C(=O)Nc3ccccc34)cc12.Cc1cccc2[nH]c(C(=O)N(C)[C@@H](CC(C)C)C(=O)N3C[C@]4(C[C@H]3C(N)=O)C(=O)Nc3ccccc34)cc12. The molecule has 0 aliphatic carbocycles. The van der Waals surface area contributed by atoms with Crippen molar-refractivity contribution in [2.24, 2.45) is 40.9 Å². The number of para-hydroxylation sites is 4. The zero-order valence-electron chi connectivity index (χ0n) is 79.8. The smallest absolute Gasteiger partial charge is 0.410 e. The average molecular weight is 1860 g/mol.